The molecule has 1 aliphatic rings. The summed E-state index contributed by atoms with van der Waals surface area (Å²) in [5.41, 5.74) is 0. The van der Waals surface area contributed by atoms with Gasteiger partial charge in [-0.05, 0) is 32.1 Å². The van der Waals surface area contributed by atoms with Gasteiger partial charge in [0.25, 0.3) is 0 Å². The molecule has 0 unspecified atom stereocenters. The Kier molecular flexibility index (Phi) is 16.8. The highest BCUT2D eigenvalue weighted by Gasteiger charge is 2.37. The van der Waals surface area contributed by atoms with E-state index >= 15 is 0 Å². The largest absolute Gasteiger partial charge is 0.388 e. The zero-order valence-electron chi connectivity index (χ0n) is 18.6. The van der Waals surface area contributed by atoms with Crippen LogP contribution in [-0.4, -0.2) is 59.6 Å². The molecule has 0 aromatic rings. The van der Waals surface area contributed by atoms with Crippen molar-refractivity contribution in [3.8, 4) is 0 Å². The van der Waals surface area contributed by atoms with Crippen LogP contribution in [0, 0.1) is 0 Å². The lowest BCUT2D eigenvalue weighted by atomic mass is 10.0. The molecule has 1 heterocycles. The summed E-state index contributed by atoms with van der Waals surface area (Å²) in [6.45, 7) is 3.19. The van der Waals surface area contributed by atoms with Crippen molar-refractivity contribution in [1.29, 1.82) is 0 Å². The minimum Gasteiger partial charge on any atom is -0.388 e. The zero-order chi connectivity index (χ0) is 21.2. The van der Waals surface area contributed by atoms with Gasteiger partial charge in [0.2, 0.25) is 0 Å². The van der Waals surface area contributed by atoms with Crippen molar-refractivity contribution in [3.05, 3.63) is 12.2 Å². The van der Waals surface area contributed by atoms with Crippen molar-refractivity contribution in [2.45, 2.75) is 121 Å². The molecule has 0 saturated carbocycles. The molecule has 0 aromatic heterocycles. The van der Waals surface area contributed by atoms with Crippen molar-refractivity contribution in [2.75, 3.05) is 19.8 Å². The SMILES string of the molecule is CCCCCCCCCCC/C=C/CCCCCOC[C@@H]1OC[C@@H](O)[C@H](O)[C@H]1O. The van der Waals surface area contributed by atoms with Gasteiger partial charge < -0.3 is 24.8 Å². The standard InChI is InChI=1S/C24H46O5/c1-2-3-4-5-6-7-8-9-10-11-12-13-14-15-16-17-18-28-20-22-24(27)23(26)21(25)19-29-22/h12-13,21-27H,2-11,14-20H2,1H3/b13-12+/t21-,22+,23+,24+/m1/s1. The van der Waals surface area contributed by atoms with E-state index in [1.165, 1.54) is 70.6 Å². The van der Waals surface area contributed by atoms with Crippen LogP contribution in [0.15, 0.2) is 12.2 Å². The minimum atomic E-state index is -1.15. The van der Waals surface area contributed by atoms with E-state index in [0.29, 0.717) is 6.61 Å². The molecule has 1 saturated heterocycles. The summed E-state index contributed by atoms with van der Waals surface area (Å²) in [6, 6.07) is 0. The molecule has 5 nitrogen and oxygen atoms in total. The molecule has 1 fully saturated rings. The molecule has 0 aliphatic carbocycles. The molecule has 0 spiro atoms. The van der Waals surface area contributed by atoms with E-state index in [2.05, 4.69) is 19.1 Å². The highest BCUT2D eigenvalue weighted by Crippen LogP contribution is 2.16. The van der Waals surface area contributed by atoms with Gasteiger partial charge in [0, 0.05) is 6.61 Å². The number of allylic oxidation sites excluding steroid dienone is 2. The molecule has 5 heteroatoms. The van der Waals surface area contributed by atoms with Crippen molar-refractivity contribution in [2.24, 2.45) is 0 Å². The number of rotatable bonds is 18. The van der Waals surface area contributed by atoms with Crippen LogP contribution in [0.4, 0.5) is 0 Å². The molecule has 0 amide bonds. The van der Waals surface area contributed by atoms with E-state index in [1.807, 2.05) is 0 Å². The molecular weight excluding hydrogens is 368 g/mol. The van der Waals surface area contributed by atoms with Gasteiger partial charge in [0.05, 0.1) is 13.2 Å². The molecule has 172 valence electrons. The highest BCUT2D eigenvalue weighted by molar-refractivity contribution is 4.86. The van der Waals surface area contributed by atoms with Crippen LogP contribution in [0.25, 0.3) is 0 Å². The van der Waals surface area contributed by atoms with E-state index in [9.17, 15) is 15.3 Å². The Morgan fingerprint density at radius 3 is 1.93 bits per heavy atom. The number of unbranched alkanes of at least 4 members (excludes halogenated alkanes) is 12. The maximum absolute atomic E-state index is 9.83. The average Bonchev–Trinajstić information content (AvgIpc) is 2.72. The number of ether oxygens (including phenoxy) is 2. The normalized spacial score (nSPS) is 25.1. The number of hydrogen-bond acceptors (Lipinski definition) is 5. The summed E-state index contributed by atoms with van der Waals surface area (Å²) in [4.78, 5) is 0. The fourth-order valence-electron chi connectivity index (χ4n) is 3.66. The van der Waals surface area contributed by atoms with E-state index < -0.39 is 24.4 Å². The fraction of sp³-hybridized carbons (Fsp3) is 0.917. The molecule has 29 heavy (non-hydrogen) atoms. The van der Waals surface area contributed by atoms with Crippen LogP contribution >= 0.6 is 0 Å². The minimum absolute atomic E-state index is 0.0393. The molecule has 4 atom stereocenters. The van der Waals surface area contributed by atoms with Crippen LogP contribution in [0.3, 0.4) is 0 Å². The molecule has 0 bridgehead atoms. The van der Waals surface area contributed by atoms with E-state index in [0.717, 1.165) is 19.3 Å². The van der Waals surface area contributed by atoms with Gasteiger partial charge >= 0.3 is 0 Å². The first kappa shape index (κ1) is 26.6. The van der Waals surface area contributed by atoms with Gasteiger partial charge in [-0.15, -0.1) is 0 Å². The van der Waals surface area contributed by atoms with Crippen LogP contribution in [0.5, 0.6) is 0 Å². The lowest BCUT2D eigenvalue weighted by Gasteiger charge is -2.35. The molecule has 0 aromatic carbocycles. The predicted molar refractivity (Wildman–Crippen MR) is 118 cm³/mol. The first-order valence-corrected chi connectivity index (χ1v) is 12.0. The van der Waals surface area contributed by atoms with E-state index in [1.54, 1.807) is 0 Å². The summed E-state index contributed by atoms with van der Waals surface area (Å²) in [5, 5.41) is 28.9. The summed E-state index contributed by atoms with van der Waals surface area (Å²) in [7, 11) is 0. The predicted octanol–water partition coefficient (Wildman–Crippen LogP) is 4.52. The van der Waals surface area contributed by atoms with Crippen molar-refractivity contribution in [3.63, 3.8) is 0 Å². The van der Waals surface area contributed by atoms with Crippen LogP contribution < -0.4 is 0 Å². The summed E-state index contributed by atoms with van der Waals surface area (Å²) >= 11 is 0. The molecular formula is C24H46O5. The average molecular weight is 415 g/mol. The van der Waals surface area contributed by atoms with Gasteiger partial charge in [-0.1, -0.05) is 76.9 Å². The summed E-state index contributed by atoms with van der Waals surface area (Å²) in [6.07, 6.45) is 18.9. The summed E-state index contributed by atoms with van der Waals surface area (Å²) < 4.78 is 10.9. The lowest BCUT2D eigenvalue weighted by molar-refractivity contribution is -0.199. The van der Waals surface area contributed by atoms with E-state index in [-0.39, 0.29) is 13.2 Å². The Labute approximate surface area is 178 Å². The fourth-order valence-corrected chi connectivity index (χ4v) is 3.66. The van der Waals surface area contributed by atoms with Crippen molar-refractivity contribution in [1.82, 2.24) is 0 Å². The third-order valence-electron chi connectivity index (χ3n) is 5.69. The highest BCUT2D eigenvalue weighted by atomic mass is 16.6. The third-order valence-corrected chi connectivity index (χ3v) is 5.69. The van der Waals surface area contributed by atoms with Crippen LogP contribution in [-0.2, 0) is 9.47 Å². The Hall–Kier alpha value is -0.460. The molecule has 1 rings (SSSR count). The number of aliphatic hydroxyl groups excluding tert-OH is 3. The second kappa shape index (κ2) is 18.3. The summed E-state index contributed by atoms with van der Waals surface area (Å²) in [5.74, 6) is 0. The van der Waals surface area contributed by atoms with Gasteiger partial charge in [-0.3, -0.25) is 0 Å². The first-order valence-electron chi connectivity index (χ1n) is 12.0. The second-order valence-corrected chi connectivity index (χ2v) is 8.43. The maximum atomic E-state index is 9.83. The molecule has 0 radical (unpaired) electrons. The Bertz CT molecular complexity index is 387. The zero-order valence-corrected chi connectivity index (χ0v) is 18.6. The third kappa shape index (κ3) is 13.5. The molecule has 3 N–H and O–H groups in total. The van der Waals surface area contributed by atoms with Crippen LogP contribution in [0.2, 0.25) is 0 Å². The number of hydrogen-bond donors (Lipinski definition) is 3. The van der Waals surface area contributed by atoms with Gasteiger partial charge in [-0.2, -0.15) is 0 Å². The van der Waals surface area contributed by atoms with Crippen LogP contribution in [0.1, 0.15) is 96.8 Å². The second-order valence-electron chi connectivity index (χ2n) is 8.43. The Morgan fingerprint density at radius 1 is 0.759 bits per heavy atom. The van der Waals surface area contributed by atoms with E-state index in [4.69, 9.17) is 9.47 Å². The first-order chi connectivity index (χ1) is 14.2. The Balaban J connectivity index is 1.81. The monoisotopic (exact) mass is 414 g/mol. The van der Waals surface area contributed by atoms with Crippen molar-refractivity contribution < 1.29 is 24.8 Å². The Morgan fingerprint density at radius 2 is 1.31 bits per heavy atom. The lowest BCUT2D eigenvalue weighted by Crippen LogP contribution is -2.54. The topological polar surface area (TPSA) is 79.2 Å². The van der Waals surface area contributed by atoms with Gasteiger partial charge in [0.15, 0.2) is 0 Å². The number of aliphatic hydroxyl groups is 3. The van der Waals surface area contributed by atoms with Gasteiger partial charge in [-0.25, -0.2) is 0 Å². The smallest absolute Gasteiger partial charge is 0.111 e. The van der Waals surface area contributed by atoms with Gasteiger partial charge in [0.1, 0.15) is 24.4 Å². The molecule has 1 aliphatic heterocycles. The quantitative estimate of drug-likeness (QED) is 0.227. The maximum Gasteiger partial charge on any atom is 0.111 e. The van der Waals surface area contributed by atoms with Crippen molar-refractivity contribution >= 4 is 0 Å².